The quantitative estimate of drug-likeness (QED) is 0.589. The van der Waals surface area contributed by atoms with Gasteiger partial charge >= 0.3 is 0 Å². The molecule has 76 valence electrons. The molecule has 1 aliphatic rings. The first kappa shape index (κ1) is 10.7. The number of hydrogen-bond acceptors (Lipinski definition) is 3. The molecule has 1 fully saturated rings. The Morgan fingerprint density at radius 1 is 1.38 bits per heavy atom. The molecule has 0 radical (unpaired) electrons. The molecule has 0 unspecified atom stereocenters. The fourth-order valence-corrected chi connectivity index (χ4v) is 2.15. The maximum absolute atomic E-state index is 11.5. The highest BCUT2D eigenvalue weighted by Gasteiger charge is 2.34. The minimum absolute atomic E-state index is 0.0269. The van der Waals surface area contributed by atoms with Crippen molar-refractivity contribution in [2.75, 3.05) is 6.61 Å². The number of carbonyl (C=O) groups excluding carboxylic acids is 1. The molecule has 0 heterocycles. The first-order valence-corrected chi connectivity index (χ1v) is 4.89. The first-order valence-electron chi connectivity index (χ1n) is 4.89. The fraction of sp³-hybridized carbons (Fsp3) is 0.900. The average molecular weight is 186 g/mol. The monoisotopic (exact) mass is 186 g/mol. The summed E-state index contributed by atoms with van der Waals surface area (Å²) in [6.45, 7) is 3.82. The lowest BCUT2D eigenvalue weighted by Gasteiger charge is -2.15. The normalized spacial score (nSPS) is 41.7. The Bertz CT molecular complexity index is 191. The second-order valence-electron chi connectivity index (χ2n) is 4.28. The Hall–Kier alpha value is -0.410. The molecule has 3 nitrogen and oxygen atoms in total. The van der Waals surface area contributed by atoms with E-state index in [-0.39, 0.29) is 24.2 Å². The van der Waals surface area contributed by atoms with Crippen LogP contribution in [0, 0.1) is 17.8 Å². The third kappa shape index (κ3) is 2.29. The molecular weight excluding hydrogens is 168 g/mol. The lowest BCUT2D eigenvalue weighted by Crippen LogP contribution is -2.32. The molecule has 0 amide bonds. The fourth-order valence-electron chi connectivity index (χ4n) is 2.15. The number of aliphatic hydroxyl groups is 2. The van der Waals surface area contributed by atoms with Gasteiger partial charge in [0.1, 0.15) is 6.10 Å². The molecule has 1 aliphatic carbocycles. The highest BCUT2D eigenvalue weighted by Crippen LogP contribution is 2.28. The van der Waals surface area contributed by atoms with E-state index in [2.05, 4.69) is 6.92 Å². The Morgan fingerprint density at radius 2 is 2.00 bits per heavy atom. The number of aliphatic hydroxyl groups excluding tert-OH is 2. The van der Waals surface area contributed by atoms with Crippen molar-refractivity contribution in [3.63, 3.8) is 0 Å². The second-order valence-corrected chi connectivity index (χ2v) is 4.28. The summed E-state index contributed by atoms with van der Waals surface area (Å²) in [6.07, 6.45) is 0.697. The summed E-state index contributed by atoms with van der Waals surface area (Å²) < 4.78 is 0. The maximum atomic E-state index is 11.5. The van der Waals surface area contributed by atoms with Crippen LogP contribution in [0.3, 0.4) is 0 Å². The molecule has 0 aromatic heterocycles. The van der Waals surface area contributed by atoms with E-state index in [1.807, 2.05) is 6.92 Å². The molecular formula is C10H18O3. The number of carbonyl (C=O) groups is 1. The molecule has 2 N–H and O–H groups in total. The maximum Gasteiger partial charge on any atom is 0.166 e. The zero-order valence-electron chi connectivity index (χ0n) is 8.23. The van der Waals surface area contributed by atoms with Crippen LogP contribution in [0.5, 0.6) is 0 Å². The predicted octanol–water partition coefficient (Wildman–Crippen LogP) is 0.591. The van der Waals surface area contributed by atoms with E-state index < -0.39 is 6.10 Å². The summed E-state index contributed by atoms with van der Waals surface area (Å²) in [5.41, 5.74) is 0. The summed E-state index contributed by atoms with van der Waals surface area (Å²) in [4.78, 5) is 11.5. The van der Waals surface area contributed by atoms with Crippen molar-refractivity contribution in [2.45, 2.75) is 32.8 Å². The lowest BCUT2D eigenvalue weighted by molar-refractivity contribution is -0.133. The van der Waals surface area contributed by atoms with E-state index in [4.69, 9.17) is 5.11 Å². The van der Waals surface area contributed by atoms with Gasteiger partial charge in [0.05, 0.1) is 6.61 Å². The van der Waals surface area contributed by atoms with Gasteiger partial charge in [-0.2, -0.15) is 0 Å². The summed E-state index contributed by atoms with van der Waals surface area (Å²) in [5, 5.41) is 18.6. The predicted molar refractivity (Wildman–Crippen MR) is 49.2 cm³/mol. The number of rotatable bonds is 1. The molecule has 3 heteroatoms. The van der Waals surface area contributed by atoms with Crippen molar-refractivity contribution < 1.29 is 15.0 Å². The highest BCUT2D eigenvalue weighted by atomic mass is 16.3. The van der Waals surface area contributed by atoms with Crippen LogP contribution in [0.1, 0.15) is 26.7 Å². The molecule has 0 saturated heterocycles. The van der Waals surface area contributed by atoms with Gasteiger partial charge in [-0.05, 0) is 24.7 Å². The third-order valence-corrected chi connectivity index (χ3v) is 2.91. The van der Waals surface area contributed by atoms with Crippen LogP contribution >= 0.6 is 0 Å². The van der Waals surface area contributed by atoms with Gasteiger partial charge in [-0.25, -0.2) is 0 Å². The zero-order chi connectivity index (χ0) is 10.0. The van der Waals surface area contributed by atoms with E-state index in [1.54, 1.807) is 0 Å². The lowest BCUT2D eigenvalue weighted by atomic mass is 9.94. The molecule has 1 saturated carbocycles. The Kier molecular flexibility index (Phi) is 3.45. The van der Waals surface area contributed by atoms with Gasteiger partial charge in [-0.15, -0.1) is 0 Å². The molecule has 0 spiro atoms. The SMILES string of the molecule is C[C@@H]1C[C@H](CO)C(=O)[C@@H](O)[C@H](C)C1. The zero-order valence-corrected chi connectivity index (χ0v) is 8.23. The first-order chi connectivity index (χ1) is 6.06. The molecule has 0 aromatic rings. The van der Waals surface area contributed by atoms with E-state index in [9.17, 15) is 9.90 Å². The molecule has 0 aliphatic heterocycles. The van der Waals surface area contributed by atoms with Crippen molar-refractivity contribution in [3.8, 4) is 0 Å². The Morgan fingerprint density at radius 3 is 2.54 bits per heavy atom. The van der Waals surface area contributed by atoms with Gasteiger partial charge < -0.3 is 10.2 Å². The largest absolute Gasteiger partial charge is 0.396 e. The highest BCUT2D eigenvalue weighted by molar-refractivity contribution is 5.85. The van der Waals surface area contributed by atoms with Crippen LogP contribution < -0.4 is 0 Å². The van der Waals surface area contributed by atoms with Gasteiger partial charge in [0.2, 0.25) is 0 Å². The summed E-state index contributed by atoms with van der Waals surface area (Å²) >= 11 is 0. The smallest absolute Gasteiger partial charge is 0.166 e. The van der Waals surface area contributed by atoms with Crippen molar-refractivity contribution in [3.05, 3.63) is 0 Å². The Balaban J connectivity index is 2.75. The van der Waals surface area contributed by atoms with Crippen molar-refractivity contribution in [1.29, 1.82) is 0 Å². The standard InChI is InChI=1S/C10H18O3/c1-6-3-7(2)9(12)10(13)8(4-6)5-11/h6-9,11-12H,3-5H2,1-2H3/t6-,7+,8+,9-/m0/s1. The van der Waals surface area contributed by atoms with Crippen molar-refractivity contribution in [2.24, 2.45) is 17.8 Å². The van der Waals surface area contributed by atoms with Gasteiger partial charge in [0.15, 0.2) is 5.78 Å². The topological polar surface area (TPSA) is 57.5 Å². The minimum Gasteiger partial charge on any atom is -0.396 e. The molecule has 1 rings (SSSR count). The van der Waals surface area contributed by atoms with Crippen LogP contribution in [0.25, 0.3) is 0 Å². The van der Waals surface area contributed by atoms with Gasteiger partial charge in [-0.1, -0.05) is 13.8 Å². The van der Waals surface area contributed by atoms with Crippen LogP contribution in [-0.4, -0.2) is 28.7 Å². The van der Waals surface area contributed by atoms with E-state index in [0.717, 1.165) is 6.42 Å². The van der Waals surface area contributed by atoms with Crippen molar-refractivity contribution >= 4 is 5.78 Å². The third-order valence-electron chi connectivity index (χ3n) is 2.91. The molecule has 4 atom stereocenters. The van der Waals surface area contributed by atoms with E-state index in [0.29, 0.717) is 12.3 Å². The van der Waals surface area contributed by atoms with Gasteiger partial charge in [0, 0.05) is 5.92 Å². The minimum atomic E-state index is -0.873. The number of Topliss-reactive ketones (excluding diaryl/α,β-unsaturated/α-hetero) is 1. The number of ketones is 1. The molecule has 0 aromatic carbocycles. The summed E-state index contributed by atoms with van der Waals surface area (Å²) in [7, 11) is 0. The van der Waals surface area contributed by atoms with Crippen LogP contribution in [0.2, 0.25) is 0 Å². The van der Waals surface area contributed by atoms with Crippen molar-refractivity contribution in [1.82, 2.24) is 0 Å². The van der Waals surface area contributed by atoms with Crippen LogP contribution in [0.4, 0.5) is 0 Å². The molecule has 13 heavy (non-hydrogen) atoms. The summed E-state index contributed by atoms with van der Waals surface area (Å²) in [6, 6.07) is 0. The van der Waals surface area contributed by atoms with Gasteiger partial charge in [-0.3, -0.25) is 4.79 Å². The van der Waals surface area contributed by atoms with E-state index in [1.165, 1.54) is 0 Å². The average Bonchev–Trinajstić information content (AvgIpc) is 2.18. The summed E-state index contributed by atoms with van der Waals surface area (Å²) in [5.74, 6) is -0.0957. The van der Waals surface area contributed by atoms with Crippen LogP contribution in [-0.2, 0) is 4.79 Å². The molecule has 0 bridgehead atoms. The van der Waals surface area contributed by atoms with Gasteiger partial charge in [0.25, 0.3) is 0 Å². The van der Waals surface area contributed by atoms with Crippen LogP contribution in [0.15, 0.2) is 0 Å². The Labute approximate surface area is 78.8 Å². The van der Waals surface area contributed by atoms with E-state index >= 15 is 0 Å². The second kappa shape index (κ2) is 4.20. The number of hydrogen-bond donors (Lipinski definition) is 2.